The number of rotatable bonds is 1. The Morgan fingerprint density at radius 1 is 1.64 bits per heavy atom. The van der Waals surface area contributed by atoms with Crippen molar-refractivity contribution in [3.63, 3.8) is 0 Å². The molecule has 2 rings (SSSR count). The summed E-state index contributed by atoms with van der Waals surface area (Å²) in [5.41, 5.74) is 0.639. The lowest BCUT2D eigenvalue weighted by atomic mass is 10.3. The molecule has 1 aromatic carbocycles. The molecule has 0 aliphatic carbocycles. The van der Waals surface area contributed by atoms with E-state index in [1.165, 1.54) is 25.1 Å². The van der Waals surface area contributed by atoms with Gasteiger partial charge in [-0.1, -0.05) is 0 Å². The molecule has 0 aliphatic heterocycles. The van der Waals surface area contributed by atoms with Crippen LogP contribution in [0.5, 0.6) is 5.75 Å². The summed E-state index contributed by atoms with van der Waals surface area (Å²) in [5, 5.41) is 14.4. The second kappa shape index (κ2) is 2.99. The Kier molecular flexibility index (Phi) is 1.81. The van der Waals surface area contributed by atoms with Gasteiger partial charge in [-0.2, -0.15) is 0 Å². The van der Waals surface area contributed by atoms with Gasteiger partial charge in [0.05, 0.1) is 0 Å². The molecule has 0 saturated heterocycles. The zero-order chi connectivity index (χ0) is 10.1. The zero-order valence-corrected chi connectivity index (χ0v) is 7.26. The first-order valence-corrected chi connectivity index (χ1v) is 3.85. The average Bonchev–Trinajstić information content (AvgIpc) is 2.47. The number of nitrogens with zero attached hydrogens (tertiary/aromatic N) is 2. The molecule has 0 radical (unpaired) electrons. The monoisotopic (exact) mass is 194 g/mol. The van der Waals surface area contributed by atoms with Crippen molar-refractivity contribution >= 4 is 17.0 Å². The van der Waals surface area contributed by atoms with Crippen LogP contribution in [-0.2, 0) is 4.79 Å². The van der Waals surface area contributed by atoms with E-state index in [4.69, 9.17) is 4.74 Å². The standard InChI is InChI=1S/C8H6N2O4/c1-5(11)13-6-2-3-7-8(4-6)10(12)14-9-7/h2-4H,1H3. The van der Waals surface area contributed by atoms with Crippen LogP contribution in [-0.4, -0.2) is 11.1 Å². The smallest absolute Gasteiger partial charge is 0.308 e. The van der Waals surface area contributed by atoms with Crippen molar-refractivity contribution in [1.82, 2.24) is 5.16 Å². The number of aromatic nitrogens is 2. The van der Waals surface area contributed by atoms with Crippen molar-refractivity contribution in [2.24, 2.45) is 0 Å². The van der Waals surface area contributed by atoms with Crippen LogP contribution in [0.25, 0.3) is 11.0 Å². The Balaban J connectivity index is 2.49. The largest absolute Gasteiger partial charge is 0.427 e. The van der Waals surface area contributed by atoms with E-state index in [9.17, 15) is 10.0 Å². The third-order valence-electron chi connectivity index (χ3n) is 1.62. The van der Waals surface area contributed by atoms with E-state index in [1.807, 2.05) is 0 Å². The van der Waals surface area contributed by atoms with E-state index in [1.54, 1.807) is 0 Å². The molecule has 0 saturated carbocycles. The molecule has 6 nitrogen and oxygen atoms in total. The summed E-state index contributed by atoms with van der Waals surface area (Å²) < 4.78 is 9.13. The molecule has 0 bridgehead atoms. The van der Waals surface area contributed by atoms with Crippen LogP contribution in [0.15, 0.2) is 22.8 Å². The summed E-state index contributed by atoms with van der Waals surface area (Å²) in [6, 6.07) is 4.46. The van der Waals surface area contributed by atoms with Gasteiger partial charge in [0.15, 0.2) is 0 Å². The summed E-state index contributed by atoms with van der Waals surface area (Å²) in [6.45, 7) is 1.28. The molecule has 1 heterocycles. The quantitative estimate of drug-likeness (QED) is 0.372. The highest BCUT2D eigenvalue weighted by molar-refractivity contribution is 5.75. The highest BCUT2D eigenvalue weighted by atomic mass is 16.8. The number of hydrogen-bond acceptors (Lipinski definition) is 5. The van der Waals surface area contributed by atoms with Crippen LogP contribution in [0.3, 0.4) is 0 Å². The number of carbonyl (C=O) groups excluding carboxylic acids is 1. The van der Waals surface area contributed by atoms with Crippen LogP contribution in [0.1, 0.15) is 6.92 Å². The van der Waals surface area contributed by atoms with Crippen LogP contribution >= 0.6 is 0 Å². The van der Waals surface area contributed by atoms with E-state index in [0.29, 0.717) is 5.52 Å². The summed E-state index contributed by atoms with van der Waals surface area (Å²) in [7, 11) is 0. The van der Waals surface area contributed by atoms with Crippen LogP contribution in [0.4, 0.5) is 0 Å². The number of hydrogen-bond donors (Lipinski definition) is 0. The zero-order valence-electron chi connectivity index (χ0n) is 7.26. The van der Waals surface area contributed by atoms with E-state index in [-0.39, 0.29) is 16.2 Å². The van der Waals surface area contributed by atoms with E-state index in [2.05, 4.69) is 9.79 Å². The Hall–Kier alpha value is -2.11. The summed E-state index contributed by atoms with van der Waals surface area (Å²) in [4.78, 5) is 10.9. The number of fused-ring (bicyclic) bond motifs is 1. The van der Waals surface area contributed by atoms with Gasteiger partial charge in [0.25, 0.3) is 0 Å². The second-order valence-electron chi connectivity index (χ2n) is 2.67. The fourth-order valence-electron chi connectivity index (χ4n) is 1.08. The SMILES string of the molecule is CC(=O)Oc1ccc2no[n+]([O-])c2c1. The number of ether oxygens (including phenoxy) is 1. The van der Waals surface area contributed by atoms with Crippen molar-refractivity contribution in [2.45, 2.75) is 6.92 Å². The van der Waals surface area contributed by atoms with Gasteiger partial charge in [-0.3, -0.25) is 9.42 Å². The summed E-state index contributed by atoms with van der Waals surface area (Å²) in [6.07, 6.45) is 0. The second-order valence-corrected chi connectivity index (χ2v) is 2.67. The molecule has 6 heteroatoms. The molecule has 0 fully saturated rings. The predicted molar refractivity (Wildman–Crippen MR) is 44.3 cm³/mol. The summed E-state index contributed by atoms with van der Waals surface area (Å²) in [5.74, 6) is -0.156. The Morgan fingerprint density at radius 3 is 3.14 bits per heavy atom. The van der Waals surface area contributed by atoms with Gasteiger partial charge in [0.1, 0.15) is 5.75 Å². The lowest BCUT2D eigenvalue weighted by Crippen LogP contribution is -2.22. The summed E-state index contributed by atoms with van der Waals surface area (Å²) >= 11 is 0. The predicted octanol–water partition coefficient (Wildman–Crippen LogP) is 0.386. The molecule has 72 valence electrons. The van der Waals surface area contributed by atoms with Crippen molar-refractivity contribution in [2.75, 3.05) is 0 Å². The van der Waals surface area contributed by atoms with Crippen LogP contribution in [0.2, 0.25) is 0 Å². The number of carbonyl (C=O) groups is 1. The van der Waals surface area contributed by atoms with Gasteiger partial charge in [-0.15, -0.1) is 0 Å². The van der Waals surface area contributed by atoms with Crippen molar-refractivity contribution in [1.29, 1.82) is 0 Å². The van der Waals surface area contributed by atoms with Crippen molar-refractivity contribution in [3.8, 4) is 5.75 Å². The molecule has 0 N–H and O–H groups in total. The first-order valence-electron chi connectivity index (χ1n) is 3.85. The van der Waals surface area contributed by atoms with E-state index >= 15 is 0 Å². The van der Waals surface area contributed by atoms with Crippen molar-refractivity contribution in [3.05, 3.63) is 23.4 Å². The van der Waals surface area contributed by atoms with Crippen molar-refractivity contribution < 1.29 is 19.1 Å². The minimum atomic E-state index is -0.446. The molecule has 2 aromatic rings. The maximum absolute atomic E-state index is 11.0. The molecule has 0 unspecified atom stereocenters. The molecule has 0 atom stereocenters. The Bertz CT molecular complexity index is 491. The molecule has 0 aliphatic rings. The molecule has 0 amide bonds. The molecular weight excluding hydrogens is 188 g/mol. The van der Waals surface area contributed by atoms with Crippen LogP contribution in [0, 0.1) is 5.21 Å². The van der Waals surface area contributed by atoms with Gasteiger partial charge in [-0.25, -0.2) is 0 Å². The van der Waals surface area contributed by atoms with Crippen LogP contribution < -0.4 is 9.64 Å². The van der Waals surface area contributed by atoms with Gasteiger partial charge in [-0.05, 0) is 17.0 Å². The minimum Gasteiger partial charge on any atom is -0.427 e. The Labute approximate surface area is 78.2 Å². The third kappa shape index (κ3) is 1.37. The fraction of sp³-hybridized carbons (Fsp3) is 0.125. The topological polar surface area (TPSA) is 79.3 Å². The number of esters is 1. The number of benzene rings is 1. The first kappa shape index (κ1) is 8.49. The average molecular weight is 194 g/mol. The lowest BCUT2D eigenvalue weighted by Gasteiger charge is -1.97. The van der Waals surface area contributed by atoms with Gasteiger partial charge < -0.3 is 9.94 Å². The van der Waals surface area contributed by atoms with Gasteiger partial charge in [0, 0.05) is 18.1 Å². The molecular formula is C8H6N2O4. The van der Waals surface area contributed by atoms with E-state index < -0.39 is 5.97 Å². The highest BCUT2D eigenvalue weighted by Crippen LogP contribution is 2.16. The normalized spacial score (nSPS) is 10.4. The maximum atomic E-state index is 11.0. The van der Waals surface area contributed by atoms with Gasteiger partial charge >= 0.3 is 5.97 Å². The molecule has 14 heavy (non-hydrogen) atoms. The molecule has 0 spiro atoms. The fourth-order valence-corrected chi connectivity index (χ4v) is 1.08. The Morgan fingerprint density at radius 2 is 2.43 bits per heavy atom. The molecule has 1 aromatic heterocycles. The first-order chi connectivity index (χ1) is 6.66. The lowest BCUT2D eigenvalue weighted by molar-refractivity contribution is -0.782. The van der Waals surface area contributed by atoms with E-state index in [0.717, 1.165) is 0 Å². The minimum absolute atomic E-state index is 0.226. The maximum Gasteiger partial charge on any atom is 0.308 e. The highest BCUT2D eigenvalue weighted by Gasteiger charge is 2.10. The van der Waals surface area contributed by atoms with Gasteiger partial charge in [0.2, 0.25) is 11.0 Å². The third-order valence-corrected chi connectivity index (χ3v) is 1.62.